The van der Waals surface area contributed by atoms with Gasteiger partial charge in [0, 0.05) is 37.1 Å². The summed E-state index contributed by atoms with van der Waals surface area (Å²) in [4.78, 5) is 23.1. The van der Waals surface area contributed by atoms with Crippen molar-refractivity contribution >= 4 is 5.91 Å². The average molecular weight is 308 g/mol. The van der Waals surface area contributed by atoms with E-state index >= 15 is 0 Å². The Hall–Kier alpha value is -2.27. The van der Waals surface area contributed by atoms with Crippen molar-refractivity contribution in [3.8, 4) is 11.4 Å². The zero-order valence-electron chi connectivity index (χ0n) is 12.9. The molecule has 5 heteroatoms. The lowest BCUT2D eigenvalue weighted by atomic mass is 9.99. The standard InChI is InChI=1S/C18H20N4O/c19-16-11-22(10-15(16)12-6-7-12)18(23)14-8-20-17(21-9-14)13-4-2-1-3-5-13/h1-5,8-9,12,15-16H,6-7,10-11,19H2/t15-,16+/m0/s1. The average Bonchev–Trinajstić information content (AvgIpc) is 3.37. The third kappa shape index (κ3) is 2.84. The first-order chi connectivity index (χ1) is 11.2. The Labute approximate surface area is 135 Å². The van der Waals surface area contributed by atoms with E-state index in [1.54, 1.807) is 12.4 Å². The Morgan fingerprint density at radius 2 is 1.78 bits per heavy atom. The van der Waals surface area contributed by atoms with Crippen molar-refractivity contribution in [2.24, 2.45) is 17.6 Å². The summed E-state index contributed by atoms with van der Waals surface area (Å²) in [5.74, 6) is 1.81. The van der Waals surface area contributed by atoms with Crippen LogP contribution in [0.4, 0.5) is 0 Å². The van der Waals surface area contributed by atoms with Gasteiger partial charge in [0.15, 0.2) is 5.82 Å². The molecule has 2 heterocycles. The molecule has 4 rings (SSSR count). The molecule has 1 aromatic heterocycles. The van der Waals surface area contributed by atoms with Crippen molar-refractivity contribution in [2.75, 3.05) is 13.1 Å². The van der Waals surface area contributed by atoms with Gasteiger partial charge in [0.2, 0.25) is 0 Å². The lowest BCUT2D eigenvalue weighted by Crippen LogP contribution is -2.32. The van der Waals surface area contributed by atoms with Gasteiger partial charge in [0.1, 0.15) is 0 Å². The van der Waals surface area contributed by atoms with Crippen LogP contribution in [0.1, 0.15) is 23.2 Å². The molecule has 1 aliphatic carbocycles. The highest BCUT2D eigenvalue weighted by Crippen LogP contribution is 2.41. The molecule has 1 amide bonds. The van der Waals surface area contributed by atoms with E-state index < -0.39 is 0 Å². The van der Waals surface area contributed by atoms with E-state index in [9.17, 15) is 4.79 Å². The Bertz CT molecular complexity index is 697. The number of aromatic nitrogens is 2. The first-order valence-corrected chi connectivity index (χ1v) is 8.14. The number of carbonyl (C=O) groups is 1. The SMILES string of the molecule is N[C@@H]1CN(C(=O)c2cnc(-c3ccccc3)nc2)C[C@H]1C1CC1. The second kappa shape index (κ2) is 5.74. The smallest absolute Gasteiger partial charge is 0.257 e. The van der Waals surface area contributed by atoms with Crippen LogP contribution in [0.25, 0.3) is 11.4 Å². The van der Waals surface area contributed by atoms with Gasteiger partial charge in [-0.25, -0.2) is 9.97 Å². The first-order valence-electron chi connectivity index (χ1n) is 8.14. The lowest BCUT2D eigenvalue weighted by molar-refractivity contribution is 0.0784. The van der Waals surface area contributed by atoms with Gasteiger partial charge in [-0.1, -0.05) is 30.3 Å². The number of carbonyl (C=O) groups excluding carboxylic acids is 1. The first kappa shape index (κ1) is 14.3. The zero-order chi connectivity index (χ0) is 15.8. The number of benzene rings is 1. The quantitative estimate of drug-likeness (QED) is 0.940. The van der Waals surface area contributed by atoms with Crippen molar-refractivity contribution in [1.82, 2.24) is 14.9 Å². The predicted octanol–water partition coefficient (Wildman–Crippen LogP) is 1.95. The summed E-state index contributed by atoms with van der Waals surface area (Å²) < 4.78 is 0. The summed E-state index contributed by atoms with van der Waals surface area (Å²) in [7, 11) is 0. The van der Waals surface area contributed by atoms with Gasteiger partial charge in [-0.3, -0.25) is 4.79 Å². The molecule has 1 saturated carbocycles. The molecule has 118 valence electrons. The molecule has 0 bridgehead atoms. The fourth-order valence-electron chi connectivity index (χ4n) is 3.40. The summed E-state index contributed by atoms with van der Waals surface area (Å²) in [5, 5.41) is 0. The van der Waals surface area contributed by atoms with Gasteiger partial charge in [-0.05, 0) is 24.7 Å². The fraction of sp³-hybridized carbons (Fsp3) is 0.389. The molecular formula is C18H20N4O. The van der Waals surface area contributed by atoms with Gasteiger partial charge in [0.05, 0.1) is 5.56 Å². The van der Waals surface area contributed by atoms with Crippen LogP contribution in [0.3, 0.4) is 0 Å². The van der Waals surface area contributed by atoms with Crippen LogP contribution in [0, 0.1) is 11.8 Å². The van der Waals surface area contributed by atoms with Crippen LogP contribution in [-0.4, -0.2) is 39.9 Å². The summed E-state index contributed by atoms with van der Waals surface area (Å²) >= 11 is 0. The highest BCUT2D eigenvalue weighted by atomic mass is 16.2. The van der Waals surface area contributed by atoms with Crippen molar-refractivity contribution in [1.29, 1.82) is 0 Å². The maximum atomic E-state index is 12.6. The van der Waals surface area contributed by atoms with Gasteiger partial charge in [0.25, 0.3) is 5.91 Å². The maximum Gasteiger partial charge on any atom is 0.257 e. The molecule has 1 aliphatic heterocycles. The second-order valence-electron chi connectivity index (χ2n) is 6.54. The Morgan fingerprint density at radius 1 is 1.09 bits per heavy atom. The second-order valence-corrected chi connectivity index (χ2v) is 6.54. The van der Waals surface area contributed by atoms with E-state index in [1.165, 1.54) is 12.8 Å². The summed E-state index contributed by atoms with van der Waals surface area (Å²) in [5.41, 5.74) is 7.68. The van der Waals surface area contributed by atoms with Crippen molar-refractivity contribution in [3.05, 3.63) is 48.3 Å². The van der Waals surface area contributed by atoms with Gasteiger partial charge >= 0.3 is 0 Å². The normalized spacial score (nSPS) is 24.0. The van der Waals surface area contributed by atoms with Gasteiger partial charge in [-0.2, -0.15) is 0 Å². The van der Waals surface area contributed by atoms with Crippen LogP contribution < -0.4 is 5.73 Å². The molecule has 2 aliphatic rings. The summed E-state index contributed by atoms with van der Waals surface area (Å²) in [6.07, 6.45) is 5.76. The molecule has 5 nitrogen and oxygen atoms in total. The molecule has 23 heavy (non-hydrogen) atoms. The van der Waals surface area contributed by atoms with Crippen LogP contribution >= 0.6 is 0 Å². The highest BCUT2D eigenvalue weighted by Gasteiger charge is 2.42. The van der Waals surface area contributed by atoms with Gasteiger partial charge in [-0.15, -0.1) is 0 Å². The number of nitrogens with zero attached hydrogens (tertiary/aromatic N) is 3. The monoisotopic (exact) mass is 308 g/mol. The molecule has 1 aromatic carbocycles. The minimum atomic E-state index is -0.0109. The molecule has 0 radical (unpaired) electrons. The van der Waals surface area contributed by atoms with E-state index in [0.717, 1.165) is 18.0 Å². The fourth-order valence-corrected chi connectivity index (χ4v) is 3.40. The van der Waals surface area contributed by atoms with Crippen molar-refractivity contribution in [2.45, 2.75) is 18.9 Å². The van der Waals surface area contributed by atoms with Crippen molar-refractivity contribution in [3.63, 3.8) is 0 Å². The van der Waals surface area contributed by atoms with E-state index in [2.05, 4.69) is 9.97 Å². The number of amides is 1. The summed E-state index contributed by atoms with van der Waals surface area (Å²) in [6.45, 7) is 1.41. The van der Waals surface area contributed by atoms with Crippen LogP contribution in [-0.2, 0) is 0 Å². The molecule has 2 aromatic rings. The Balaban J connectivity index is 1.49. The van der Waals surface area contributed by atoms with E-state index in [-0.39, 0.29) is 11.9 Å². The Morgan fingerprint density at radius 3 is 2.43 bits per heavy atom. The lowest BCUT2D eigenvalue weighted by Gasteiger charge is -2.16. The topological polar surface area (TPSA) is 72.1 Å². The van der Waals surface area contributed by atoms with Gasteiger partial charge < -0.3 is 10.6 Å². The highest BCUT2D eigenvalue weighted by molar-refractivity contribution is 5.94. The maximum absolute atomic E-state index is 12.6. The Kier molecular flexibility index (Phi) is 3.58. The third-order valence-corrected chi connectivity index (χ3v) is 4.86. The molecule has 2 fully saturated rings. The minimum Gasteiger partial charge on any atom is -0.337 e. The number of rotatable bonds is 3. The summed E-state index contributed by atoms with van der Waals surface area (Å²) in [6, 6.07) is 9.86. The molecule has 2 N–H and O–H groups in total. The van der Waals surface area contributed by atoms with Crippen LogP contribution in [0.5, 0.6) is 0 Å². The largest absolute Gasteiger partial charge is 0.337 e. The molecule has 0 spiro atoms. The van der Waals surface area contributed by atoms with E-state index in [0.29, 0.717) is 23.9 Å². The molecular weight excluding hydrogens is 288 g/mol. The van der Waals surface area contributed by atoms with Crippen LogP contribution in [0.2, 0.25) is 0 Å². The van der Waals surface area contributed by atoms with E-state index in [4.69, 9.17) is 5.73 Å². The number of hydrogen-bond acceptors (Lipinski definition) is 4. The van der Waals surface area contributed by atoms with Crippen molar-refractivity contribution < 1.29 is 4.79 Å². The van der Waals surface area contributed by atoms with E-state index in [1.807, 2.05) is 35.2 Å². The number of hydrogen-bond donors (Lipinski definition) is 1. The minimum absolute atomic E-state index is 0.0109. The van der Waals surface area contributed by atoms with Crippen LogP contribution in [0.15, 0.2) is 42.7 Å². The molecule has 0 unspecified atom stereocenters. The number of nitrogens with two attached hydrogens (primary N) is 1. The predicted molar refractivity (Wildman–Crippen MR) is 87.6 cm³/mol. The number of likely N-dealkylation sites (tertiary alicyclic amines) is 1. The molecule has 1 saturated heterocycles. The molecule has 2 atom stereocenters. The zero-order valence-corrected chi connectivity index (χ0v) is 12.9. The third-order valence-electron chi connectivity index (χ3n) is 4.86.